The van der Waals surface area contributed by atoms with E-state index in [-0.39, 0.29) is 30.6 Å². The lowest BCUT2D eigenvalue weighted by atomic mass is 9.94. The number of anilines is 1. The van der Waals surface area contributed by atoms with Gasteiger partial charge in [-0.1, -0.05) is 23.5 Å². The number of amides is 1. The fourth-order valence-electron chi connectivity index (χ4n) is 5.23. The Hall–Kier alpha value is -3.89. The summed E-state index contributed by atoms with van der Waals surface area (Å²) in [7, 11) is 1.30. The highest BCUT2D eigenvalue weighted by Gasteiger charge is 2.70. The van der Waals surface area contributed by atoms with Gasteiger partial charge in [0.05, 0.1) is 31.3 Å². The lowest BCUT2D eigenvalue weighted by molar-refractivity contribution is -0.236. The van der Waals surface area contributed by atoms with Crippen molar-refractivity contribution in [3.63, 3.8) is 0 Å². The van der Waals surface area contributed by atoms with Gasteiger partial charge in [-0.2, -0.15) is 35.9 Å². The molecule has 42 heavy (non-hydrogen) atoms. The van der Waals surface area contributed by atoms with Crippen LogP contribution < -0.4 is 9.38 Å². The van der Waals surface area contributed by atoms with Gasteiger partial charge >= 0.3 is 24.7 Å². The average Bonchev–Trinajstić information content (AvgIpc) is 3.32. The topological polar surface area (TPSA) is 73.1 Å². The molecular formula is C25H24F9N6O2+. The van der Waals surface area contributed by atoms with Crippen LogP contribution in [0.15, 0.2) is 42.5 Å². The van der Waals surface area contributed by atoms with Gasteiger partial charge in [-0.05, 0) is 48.4 Å². The third-order valence-corrected chi connectivity index (χ3v) is 6.96. The molecule has 2 aromatic carbocycles. The summed E-state index contributed by atoms with van der Waals surface area (Å²) in [6, 6.07) is 2.31. The van der Waals surface area contributed by atoms with Crippen LogP contribution in [0.3, 0.4) is 0 Å². The van der Waals surface area contributed by atoms with E-state index in [0.29, 0.717) is 12.1 Å². The standard InChI is InChI=1S/C25H24F9N6O2/c1-4-17-13-39(18-8-6-7-9-19(18)40(17,25(32,33)34)22(41)42-5-2)20(21-35-37-38(3)36-21)14-10-15(23(26,27)28)12-16(11-14)24(29,30)31/h6-12,17,20H,4-5,13H2,1-3H3/q+1. The minimum atomic E-state index is -5.24. The first-order valence-corrected chi connectivity index (χ1v) is 12.5. The third kappa shape index (κ3) is 5.25. The lowest BCUT2D eigenvalue weighted by Gasteiger charge is -2.48. The number of ether oxygens (including phenoxy) is 1. The lowest BCUT2D eigenvalue weighted by Crippen LogP contribution is -2.73. The van der Waals surface area contributed by atoms with Crippen LogP contribution in [-0.4, -0.2) is 51.8 Å². The van der Waals surface area contributed by atoms with Crippen molar-refractivity contribution in [3.8, 4) is 0 Å². The first kappa shape index (κ1) is 31.1. The summed E-state index contributed by atoms with van der Waals surface area (Å²) >= 11 is 0. The van der Waals surface area contributed by atoms with Crippen LogP contribution >= 0.6 is 0 Å². The molecule has 0 spiro atoms. The van der Waals surface area contributed by atoms with E-state index in [0.717, 1.165) is 15.8 Å². The summed E-state index contributed by atoms with van der Waals surface area (Å²) in [4.78, 5) is 15.2. The van der Waals surface area contributed by atoms with Crippen molar-refractivity contribution in [2.45, 2.75) is 51.0 Å². The first-order valence-electron chi connectivity index (χ1n) is 12.5. The number of aryl methyl sites for hydroxylation is 1. The number of tetrazole rings is 1. The van der Waals surface area contributed by atoms with Crippen molar-refractivity contribution in [2.75, 3.05) is 18.1 Å². The van der Waals surface area contributed by atoms with E-state index in [2.05, 4.69) is 15.4 Å². The minimum absolute atomic E-state index is 0.0595. The molecular weight excluding hydrogens is 587 g/mol. The Morgan fingerprint density at radius 2 is 1.60 bits per heavy atom. The van der Waals surface area contributed by atoms with E-state index < -0.39 is 70.2 Å². The normalized spacial score (nSPS) is 20.3. The summed E-state index contributed by atoms with van der Waals surface area (Å²) in [5, 5.41) is 11.4. The van der Waals surface area contributed by atoms with Gasteiger partial charge in [0.25, 0.3) is 0 Å². The van der Waals surface area contributed by atoms with Crippen LogP contribution in [-0.2, 0) is 24.1 Å². The number of rotatable bonds is 5. The van der Waals surface area contributed by atoms with Gasteiger partial charge in [-0.25, -0.2) is 0 Å². The molecule has 1 aromatic heterocycles. The maximum atomic E-state index is 15.0. The van der Waals surface area contributed by atoms with Gasteiger partial charge in [-0.3, -0.25) is 0 Å². The van der Waals surface area contributed by atoms with Gasteiger partial charge in [0.15, 0.2) is 5.69 Å². The molecule has 1 aliphatic heterocycles. The molecule has 0 bridgehead atoms. The van der Waals surface area contributed by atoms with Crippen molar-refractivity contribution in [1.82, 2.24) is 24.7 Å². The van der Waals surface area contributed by atoms with Crippen LogP contribution in [0.1, 0.15) is 48.8 Å². The molecule has 3 aromatic rings. The van der Waals surface area contributed by atoms with E-state index in [1.165, 1.54) is 39.1 Å². The van der Waals surface area contributed by atoms with Crippen LogP contribution in [0.5, 0.6) is 0 Å². The van der Waals surface area contributed by atoms with Crippen LogP contribution in [0, 0.1) is 0 Å². The zero-order valence-electron chi connectivity index (χ0n) is 22.2. The number of nitrogens with zero attached hydrogens (tertiary/aromatic N) is 6. The highest BCUT2D eigenvalue weighted by Crippen LogP contribution is 2.52. The van der Waals surface area contributed by atoms with E-state index >= 15 is 0 Å². The fraction of sp³-hybridized carbons (Fsp3) is 0.440. The number of aromatic nitrogens is 4. The molecule has 0 fully saturated rings. The Kier molecular flexibility index (Phi) is 7.94. The smallest absolute Gasteiger partial charge is 0.420 e. The molecule has 1 amide bonds. The number of hydrogen-bond acceptors (Lipinski definition) is 6. The van der Waals surface area contributed by atoms with Crippen molar-refractivity contribution < 1.29 is 49.0 Å². The molecule has 0 saturated carbocycles. The maximum absolute atomic E-state index is 15.0. The third-order valence-electron chi connectivity index (χ3n) is 6.96. The molecule has 0 aliphatic carbocycles. The van der Waals surface area contributed by atoms with Gasteiger partial charge < -0.3 is 9.64 Å². The minimum Gasteiger partial charge on any atom is -0.420 e. The highest BCUT2D eigenvalue weighted by atomic mass is 19.4. The van der Waals surface area contributed by atoms with Gasteiger partial charge in [-0.15, -0.1) is 23.4 Å². The van der Waals surface area contributed by atoms with Crippen molar-refractivity contribution in [2.24, 2.45) is 7.05 Å². The van der Waals surface area contributed by atoms with E-state index in [4.69, 9.17) is 4.74 Å². The van der Waals surface area contributed by atoms with Gasteiger partial charge in [0.1, 0.15) is 17.8 Å². The number of benzene rings is 2. The number of carbonyl (C=O) groups is 1. The van der Waals surface area contributed by atoms with Crippen LogP contribution in [0.25, 0.3) is 0 Å². The number of alkyl halides is 9. The van der Waals surface area contributed by atoms with Gasteiger partial charge in [0.2, 0.25) is 5.82 Å². The summed E-state index contributed by atoms with van der Waals surface area (Å²) < 4.78 is 130. The molecule has 0 saturated heterocycles. The largest absolute Gasteiger partial charge is 0.576 e. The monoisotopic (exact) mass is 611 g/mol. The number of hydrogen-bond donors (Lipinski definition) is 0. The van der Waals surface area contributed by atoms with Crippen LogP contribution in [0.2, 0.25) is 0 Å². The molecule has 1 aliphatic rings. The molecule has 3 atom stereocenters. The molecule has 2 heterocycles. The second-order valence-corrected chi connectivity index (χ2v) is 9.47. The second kappa shape index (κ2) is 10.7. The van der Waals surface area contributed by atoms with Crippen LogP contribution in [0.4, 0.5) is 55.7 Å². The SMILES string of the molecule is CCOC(=O)[N+]1(C(F)(F)F)c2ccccc2N(C(c2cc(C(F)(F)F)cc(C(F)(F)F)c2)c2nnn(C)n2)CC1CC. The number of para-hydroxylation sites is 2. The Morgan fingerprint density at radius 1 is 1.00 bits per heavy atom. The Morgan fingerprint density at radius 3 is 2.07 bits per heavy atom. The molecule has 0 N–H and O–H groups in total. The van der Waals surface area contributed by atoms with E-state index in [1.807, 2.05) is 0 Å². The van der Waals surface area contributed by atoms with Crippen molar-refractivity contribution >= 4 is 17.5 Å². The maximum Gasteiger partial charge on any atom is 0.576 e. The predicted molar refractivity (Wildman–Crippen MR) is 130 cm³/mol. The summed E-state index contributed by atoms with van der Waals surface area (Å²) in [5.41, 5.74) is -4.79. The number of carbonyl (C=O) groups excluding carboxylic acids is 1. The molecule has 17 heteroatoms. The molecule has 228 valence electrons. The summed E-state index contributed by atoms with van der Waals surface area (Å²) in [5.74, 6) is -0.377. The predicted octanol–water partition coefficient (Wildman–Crippen LogP) is 6.62. The van der Waals surface area contributed by atoms with Crippen molar-refractivity contribution in [3.05, 3.63) is 65.0 Å². The quantitative estimate of drug-likeness (QED) is 0.184. The highest BCUT2D eigenvalue weighted by molar-refractivity contribution is 5.90. The molecule has 0 radical (unpaired) electrons. The number of quaternary nitrogens is 1. The molecule has 8 nitrogen and oxygen atoms in total. The molecule has 4 rings (SSSR count). The Balaban J connectivity index is 2.06. The van der Waals surface area contributed by atoms with E-state index in [9.17, 15) is 44.3 Å². The number of halogens is 9. The number of fused-ring (bicyclic) bond motifs is 1. The second-order valence-electron chi connectivity index (χ2n) is 9.47. The van der Waals surface area contributed by atoms with E-state index in [1.54, 1.807) is 0 Å². The van der Waals surface area contributed by atoms with Crippen molar-refractivity contribution in [1.29, 1.82) is 0 Å². The van der Waals surface area contributed by atoms with Gasteiger partial charge in [0, 0.05) is 6.07 Å². The summed E-state index contributed by atoms with van der Waals surface area (Å²) in [6.07, 6.45) is -17.6. The zero-order chi connectivity index (χ0) is 31.3. The Bertz CT molecular complexity index is 1420. The molecule has 3 unspecified atom stereocenters. The fourth-order valence-corrected chi connectivity index (χ4v) is 5.23. The Labute approximate surface area is 232 Å². The zero-order valence-corrected chi connectivity index (χ0v) is 22.2. The summed E-state index contributed by atoms with van der Waals surface area (Å²) in [6.45, 7) is 1.66. The first-order chi connectivity index (χ1) is 19.5. The average molecular weight is 611 g/mol.